The molecular formula is C13H14N4O. The Hall–Kier alpha value is -2.43. The number of hydrogen-bond donors (Lipinski definition) is 2. The van der Waals surface area contributed by atoms with E-state index in [-0.39, 0.29) is 0 Å². The van der Waals surface area contributed by atoms with E-state index in [9.17, 15) is 5.21 Å². The maximum atomic E-state index is 9.49. The van der Waals surface area contributed by atoms with Crippen LogP contribution in [-0.4, -0.2) is 21.4 Å². The highest BCUT2D eigenvalue weighted by Crippen LogP contribution is 2.12. The van der Waals surface area contributed by atoms with Crippen molar-refractivity contribution in [1.29, 1.82) is 5.41 Å². The van der Waals surface area contributed by atoms with Crippen LogP contribution in [0.15, 0.2) is 57.9 Å². The lowest BCUT2D eigenvalue weighted by molar-refractivity contribution is 0.171. The second kappa shape index (κ2) is 4.83. The first kappa shape index (κ1) is 12.0. The Bertz CT molecular complexity index is 647. The number of rotatable bonds is 1. The van der Waals surface area contributed by atoms with Crippen LogP contribution in [0.2, 0.25) is 0 Å². The summed E-state index contributed by atoms with van der Waals surface area (Å²) in [5.74, 6) is 0. The maximum Gasteiger partial charge on any atom is 0.189 e. The third-order valence-electron chi connectivity index (χ3n) is 2.62. The first-order chi connectivity index (χ1) is 8.58. The van der Waals surface area contributed by atoms with Crippen molar-refractivity contribution >= 4 is 11.4 Å². The summed E-state index contributed by atoms with van der Waals surface area (Å²) in [5.41, 5.74) is 3.27. The van der Waals surface area contributed by atoms with E-state index in [2.05, 4.69) is 10.2 Å². The number of hydrogen-bond acceptors (Lipinski definition) is 4. The molecule has 1 heterocycles. The molecule has 0 radical (unpaired) electrons. The number of nitrogens with one attached hydrogen (secondary N) is 1. The third-order valence-corrected chi connectivity index (χ3v) is 2.62. The van der Waals surface area contributed by atoms with Crippen LogP contribution in [0.4, 0.5) is 0 Å². The van der Waals surface area contributed by atoms with Crippen LogP contribution in [0.1, 0.15) is 13.8 Å². The van der Waals surface area contributed by atoms with E-state index in [0.717, 1.165) is 15.9 Å². The second-order valence-corrected chi connectivity index (χ2v) is 4.06. The molecule has 1 aromatic rings. The first-order valence-electron chi connectivity index (χ1n) is 5.52. The van der Waals surface area contributed by atoms with Gasteiger partial charge in [0.05, 0.1) is 11.4 Å². The predicted molar refractivity (Wildman–Crippen MR) is 69.9 cm³/mol. The van der Waals surface area contributed by atoms with E-state index in [4.69, 9.17) is 5.41 Å². The van der Waals surface area contributed by atoms with Crippen molar-refractivity contribution in [2.75, 3.05) is 0 Å². The zero-order chi connectivity index (χ0) is 13.1. The molecule has 92 valence electrons. The topological polar surface area (TPSA) is 73.7 Å². The van der Waals surface area contributed by atoms with Gasteiger partial charge in [0, 0.05) is 6.20 Å². The molecule has 2 N–H and O–H groups in total. The standard InChI is InChI=1S/C13H14N4O/c1-9-8-12(10(2)7-11(9)14)15-16-13-5-3-4-6-17(13)18/h3-8,14,18H,1-2H3/b14-11?,15-12?,16-13+. The number of nitrogens with zero attached hydrogens (tertiary/aromatic N) is 3. The summed E-state index contributed by atoms with van der Waals surface area (Å²) in [6.07, 6.45) is 5.05. The monoisotopic (exact) mass is 242 g/mol. The van der Waals surface area contributed by atoms with Crippen LogP contribution in [-0.2, 0) is 0 Å². The number of pyridine rings is 1. The largest absolute Gasteiger partial charge is 0.427 e. The molecule has 1 aromatic heterocycles. The molecule has 5 nitrogen and oxygen atoms in total. The molecule has 0 aliphatic heterocycles. The van der Waals surface area contributed by atoms with Gasteiger partial charge in [-0.1, -0.05) is 6.07 Å². The fourth-order valence-corrected chi connectivity index (χ4v) is 1.52. The SMILES string of the molecule is CC1=CC(=N/N=c2\ccccn2O)C(C)=CC1=N. The molecule has 18 heavy (non-hydrogen) atoms. The van der Waals surface area contributed by atoms with Gasteiger partial charge in [0.15, 0.2) is 5.49 Å². The highest BCUT2D eigenvalue weighted by Gasteiger charge is 2.09. The van der Waals surface area contributed by atoms with Crippen LogP contribution >= 0.6 is 0 Å². The van der Waals surface area contributed by atoms with Gasteiger partial charge >= 0.3 is 0 Å². The summed E-state index contributed by atoms with van der Waals surface area (Å²) >= 11 is 0. The Kier molecular flexibility index (Phi) is 3.23. The zero-order valence-corrected chi connectivity index (χ0v) is 10.3. The maximum absolute atomic E-state index is 9.49. The minimum atomic E-state index is 0.351. The van der Waals surface area contributed by atoms with E-state index in [1.165, 1.54) is 6.20 Å². The molecule has 0 unspecified atom stereocenters. The Morgan fingerprint density at radius 3 is 2.61 bits per heavy atom. The summed E-state index contributed by atoms with van der Waals surface area (Å²) in [7, 11) is 0. The summed E-state index contributed by atoms with van der Waals surface area (Å²) in [6, 6.07) is 5.12. The average Bonchev–Trinajstić information content (AvgIpc) is 2.34. The van der Waals surface area contributed by atoms with Gasteiger partial charge in [-0.2, -0.15) is 4.73 Å². The molecule has 0 saturated carbocycles. The van der Waals surface area contributed by atoms with Crippen molar-refractivity contribution in [1.82, 2.24) is 4.73 Å². The predicted octanol–water partition coefficient (Wildman–Crippen LogP) is 1.91. The molecule has 0 aromatic carbocycles. The highest BCUT2D eigenvalue weighted by molar-refractivity contribution is 6.22. The van der Waals surface area contributed by atoms with Crippen LogP contribution in [0.5, 0.6) is 0 Å². The van der Waals surface area contributed by atoms with Gasteiger partial charge in [0.25, 0.3) is 0 Å². The van der Waals surface area contributed by atoms with Crippen molar-refractivity contribution in [3.63, 3.8) is 0 Å². The van der Waals surface area contributed by atoms with Gasteiger partial charge in [0.2, 0.25) is 0 Å². The van der Waals surface area contributed by atoms with E-state index in [1.54, 1.807) is 24.3 Å². The van der Waals surface area contributed by atoms with Gasteiger partial charge in [-0.05, 0) is 49.3 Å². The molecule has 0 saturated heterocycles. The molecule has 5 heteroatoms. The van der Waals surface area contributed by atoms with Crippen molar-refractivity contribution in [3.05, 3.63) is 53.2 Å². The van der Waals surface area contributed by atoms with Crippen LogP contribution in [0, 0.1) is 5.41 Å². The van der Waals surface area contributed by atoms with Gasteiger partial charge in [0.1, 0.15) is 0 Å². The second-order valence-electron chi connectivity index (χ2n) is 4.06. The van der Waals surface area contributed by atoms with E-state index >= 15 is 0 Å². The Morgan fingerprint density at radius 1 is 1.11 bits per heavy atom. The van der Waals surface area contributed by atoms with Crippen LogP contribution in [0.3, 0.4) is 0 Å². The molecule has 0 amide bonds. The van der Waals surface area contributed by atoms with Crippen LogP contribution < -0.4 is 5.49 Å². The molecular weight excluding hydrogens is 228 g/mol. The summed E-state index contributed by atoms with van der Waals surface area (Å²) in [6.45, 7) is 3.74. The summed E-state index contributed by atoms with van der Waals surface area (Å²) in [4.78, 5) is 0. The van der Waals surface area contributed by atoms with E-state index < -0.39 is 0 Å². The fourth-order valence-electron chi connectivity index (χ4n) is 1.52. The fraction of sp³-hybridized carbons (Fsp3) is 0.154. The Labute approximate surface area is 105 Å². The lowest BCUT2D eigenvalue weighted by Crippen LogP contribution is -2.17. The summed E-state index contributed by atoms with van der Waals surface area (Å²) in [5, 5.41) is 25.2. The van der Waals surface area contributed by atoms with Crippen molar-refractivity contribution < 1.29 is 5.21 Å². The minimum absolute atomic E-state index is 0.351. The Morgan fingerprint density at radius 2 is 1.89 bits per heavy atom. The van der Waals surface area contributed by atoms with Crippen molar-refractivity contribution in [2.24, 2.45) is 10.2 Å². The number of allylic oxidation sites excluding steroid dienone is 4. The molecule has 0 atom stereocenters. The zero-order valence-electron chi connectivity index (χ0n) is 10.3. The molecule has 1 aliphatic rings. The minimum Gasteiger partial charge on any atom is -0.427 e. The third kappa shape index (κ3) is 2.45. The van der Waals surface area contributed by atoms with Gasteiger partial charge in [-0.15, -0.1) is 10.2 Å². The normalized spacial score (nSPS) is 18.9. The number of aromatic nitrogens is 1. The molecule has 2 rings (SSSR count). The van der Waals surface area contributed by atoms with Gasteiger partial charge in [-0.3, -0.25) is 0 Å². The van der Waals surface area contributed by atoms with Gasteiger partial charge in [-0.25, -0.2) is 0 Å². The van der Waals surface area contributed by atoms with E-state index in [0.29, 0.717) is 16.9 Å². The molecule has 0 bridgehead atoms. The molecule has 1 aliphatic carbocycles. The smallest absolute Gasteiger partial charge is 0.189 e. The highest BCUT2D eigenvalue weighted by atomic mass is 16.5. The lowest BCUT2D eigenvalue weighted by Gasteiger charge is -2.09. The Balaban J connectivity index is 2.42. The van der Waals surface area contributed by atoms with Gasteiger partial charge < -0.3 is 10.6 Å². The molecule has 0 fully saturated rings. The van der Waals surface area contributed by atoms with Crippen LogP contribution in [0.25, 0.3) is 0 Å². The molecule has 0 spiro atoms. The summed E-state index contributed by atoms with van der Waals surface area (Å²) < 4.78 is 0.907. The average molecular weight is 242 g/mol. The van der Waals surface area contributed by atoms with Crippen molar-refractivity contribution in [2.45, 2.75) is 13.8 Å². The lowest BCUT2D eigenvalue weighted by atomic mass is 9.98. The van der Waals surface area contributed by atoms with E-state index in [1.807, 2.05) is 19.9 Å². The first-order valence-corrected chi connectivity index (χ1v) is 5.52. The quantitative estimate of drug-likeness (QED) is 0.440. The van der Waals surface area contributed by atoms with Crippen molar-refractivity contribution in [3.8, 4) is 0 Å².